The minimum Gasteiger partial charge on any atom is -0.860 e. The zero-order valence-corrected chi connectivity index (χ0v) is 29.1. The lowest BCUT2D eigenvalue weighted by molar-refractivity contribution is -0.372. The van der Waals surface area contributed by atoms with Crippen molar-refractivity contribution in [2.75, 3.05) is 6.16 Å². The Morgan fingerprint density at radius 2 is 0.980 bits per heavy atom. The summed E-state index contributed by atoms with van der Waals surface area (Å²) in [6.45, 7) is 2.29. The summed E-state index contributed by atoms with van der Waals surface area (Å²) in [7, 11) is -3.94. The molecule has 0 heterocycles. The van der Waals surface area contributed by atoms with Crippen LogP contribution in [0.5, 0.6) is 5.75 Å². The molecule has 0 saturated carbocycles. The second-order valence-corrected chi connectivity index (χ2v) is 16.2. The number of hydrogen-bond donors (Lipinski definition) is 0. The van der Waals surface area contributed by atoms with Crippen molar-refractivity contribution in [3.05, 3.63) is 158 Å². The van der Waals surface area contributed by atoms with Gasteiger partial charge in [-0.25, -0.2) is 0 Å². The lowest BCUT2D eigenvalue weighted by Crippen LogP contribution is -2.50. The second-order valence-electron chi connectivity index (χ2n) is 12.6. The summed E-state index contributed by atoms with van der Waals surface area (Å²) in [5.41, 5.74) is 0. The van der Waals surface area contributed by atoms with E-state index in [-0.39, 0.29) is 0 Å². The smallest absolute Gasteiger partial charge is 0.133 e. The van der Waals surface area contributed by atoms with Crippen molar-refractivity contribution in [3.63, 3.8) is 0 Å². The zero-order valence-electron chi connectivity index (χ0n) is 28.2. The molecule has 49 heavy (non-hydrogen) atoms. The third-order valence-electron chi connectivity index (χ3n) is 9.35. The first-order valence-electron chi connectivity index (χ1n) is 17.5. The maximum absolute atomic E-state index is 10.9. The van der Waals surface area contributed by atoms with Crippen LogP contribution in [-0.2, 0) is 0 Å². The molecule has 0 N–H and O–H groups in total. The predicted molar refractivity (Wildman–Crippen MR) is 209 cm³/mol. The Bertz CT molecular complexity index is 1970. The van der Waals surface area contributed by atoms with Gasteiger partial charge >= 0.3 is 0 Å². The molecular formula is C44H43BO3P-. The minimum absolute atomic E-state index is 0.341. The fraction of sp³-hybridized carbons (Fsp3) is 0.182. The maximum Gasteiger partial charge on any atom is 0.133 e. The molecule has 0 atom stereocenters. The van der Waals surface area contributed by atoms with E-state index >= 15 is 0 Å². The van der Waals surface area contributed by atoms with Crippen molar-refractivity contribution >= 4 is 62.8 Å². The fourth-order valence-corrected chi connectivity index (χ4v) is 11.4. The Kier molecular flexibility index (Phi) is 11.8. The molecule has 0 aliphatic carbocycles. The Labute approximate surface area is 291 Å². The number of benzene rings is 7. The highest BCUT2D eigenvalue weighted by Gasteiger charge is 2.44. The molecular weight excluding hydrogens is 618 g/mol. The van der Waals surface area contributed by atoms with Crippen molar-refractivity contribution in [1.82, 2.24) is 0 Å². The highest BCUT2D eigenvalue weighted by atomic mass is 31.2. The highest BCUT2D eigenvalue weighted by Crippen LogP contribution is 2.56. The van der Waals surface area contributed by atoms with Crippen LogP contribution < -0.4 is 30.6 Å². The molecule has 3 nitrogen and oxygen atoms in total. The summed E-state index contributed by atoms with van der Waals surface area (Å²) in [5, 5.41) is 32.4. The first-order chi connectivity index (χ1) is 24.1. The monoisotopic (exact) mass is 661 g/mol. The molecule has 246 valence electrons. The van der Waals surface area contributed by atoms with E-state index in [9.17, 15) is 10.0 Å². The molecule has 0 aliphatic heterocycles. The molecule has 5 heteroatoms. The summed E-state index contributed by atoms with van der Waals surface area (Å²) in [4.78, 5) is 0. The van der Waals surface area contributed by atoms with E-state index in [0.717, 1.165) is 32.3 Å². The molecule has 0 aromatic heterocycles. The lowest BCUT2D eigenvalue weighted by atomic mass is 9.97. The SMILES string of the molecule is CCCCCCCC[P+](c1ccccc1)(c1ccccc1)c1ccccc1.[O-]B([O-])Oc1cccc2ccc3cc4ccccc4cc3c12. The lowest BCUT2D eigenvalue weighted by Gasteiger charge is -2.27. The van der Waals surface area contributed by atoms with Crippen molar-refractivity contribution in [1.29, 1.82) is 0 Å². The number of hydrogen-bond acceptors (Lipinski definition) is 3. The van der Waals surface area contributed by atoms with Crippen LogP contribution in [0.15, 0.2) is 158 Å². The molecule has 0 spiro atoms. The van der Waals surface area contributed by atoms with Crippen LogP contribution in [0.25, 0.3) is 32.3 Å². The van der Waals surface area contributed by atoms with Crippen molar-refractivity contribution < 1.29 is 14.7 Å². The van der Waals surface area contributed by atoms with Gasteiger partial charge in [-0.1, -0.05) is 136 Å². The fourth-order valence-electron chi connectivity index (χ4n) is 6.98. The van der Waals surface area contributed by atoms with E-state index in [1.807, 2.05) is 36.4 Å². The largest absolute Gasteiger partial charge is 0.860 e. The van der Waals surface area contributed by atoms with Gasteiger partial charge in [-0.05, 0) is 94.4 Å². The summed E-state index contributed by atoms with van der Waals surface area (Å²) >= 11 is 0. The molecule has 0 amide bonds. The highest BCUT2D eigenvalue weighted by molar-refractivity contribution is 7.95. The van der Waals surface area contributed by atoms with E-state index in [0.29, 0.717) is 5.75 Å². The van der Waals surface area contributed by atoms with Crippen LogP contribution in [0.3, 0.4) is 0 Å². The molecule has 0 aliphatic rings. The maximum atomic E-state index is 10.9. The molecule has 0 bridgehead atoms. The Morgan fingerprint density at radius 1 is 0.490 bits per heavy atom. The molecule has 0 radical (unpaired) electrons. The van der Waals surface area contributed by atoms with Gasteiger partial charge in [-0.2, -0.15) is 0 Å². The summed E-state index contributed by atoms with van der Waals surface area (Å²) in [6.07, 6.45) is 9.34. The standard InChI is InChI=1S/C26H32P.C18H11BO3/c1-2-3-4-5-6-16-23-27(24-17-10-7-11-18-24,25-19-12-8-13-20-25)26-21-14-9-15-22-26;20-19(21)22-17-7-3-6-12-8-9-15-10-13-4-1-2-5-14(13)11-16(15)18(12)17/h7-15,17-22H,2-6,16,23H2,1H3;1-11H/q+1;-2. The average molecular weight is 662 g/mol. The van der Waals surface area contributed by atoms with Crippen molar-refractivity contribution in [2.45, 2.75) is 45.4 Å². The Hall–Kier alpha value is -4.47. The van der Waals surface area contributed by atoms with Gasteiger partial charge < -0.3 is 14.7 Å². The van der Waals surface area contributed by atoms with Crippen LogP contribution in [-0.4, -0.2) is 13.5 Å². The van der Waals surface area contributed by atoms with E-state index in [4.69, 9.17) is 4.65 Å². The Balaban J connectivity index is 0.000000173. The number of unbranched alkanes of at least 4 members (excludes halogenated alkanes) is 5. The average Bonchev–Trinajstić information content (AvgIpc) is 3.15. The van der Waals surface area contributed by atoms with Gasteiger partial charge in [0.1, 0.15) is 36.2 Å². The minimum atomic E-state index is -2.33. The summed E-state index contributed by atoms with van der Waals surface area (Å²) in [6, 6.07) is 55.4. The van der Waals surface area contributed by atoms with E-state index in [2.05, 4.69) is 116 Å². The number of fused-ring (bicyclic) bond motifs is 4. The molecule has 0 fully saturated rings. The summed E-state index contributed by atoms with van der Waals surface area (Å²) < 4.78 is 4.94. The van der Waals surface area contributed by atoms with Gasteiger partial charge in [0, 0.05) is 5.39 Å². The zero-order chi connectivity index (χ0) is 33.9. The predicted octanol–water partition coefficient (Wildman–Crippen LogP) is 8.57. The normalized spacial score (nSPS) is 11.3. The molecule has 7 rings (SSSR count). The Morgan fingerprint density at radius 3 is 1.55 bits per heavy atom. The van der Waals surface area contributed by atoms with Gasteiger partial charge in [0.25, 0.3) is 0 Å². The third kappa shape index (κ3) is 8.06. The molecule has 0 unspecified atom stereocenters. The van der Waals surface area contributed by atoms with Gasteiger partial charge in [0.05, 0.1) is 6.16 Å². The van der Waals surface area contributed by atoms with Crippen LogP contribution in [0.4, 0.5) is 0 Å². The quantitative estimate of drug-likeness (QED) is 0.0434. The first-order valence-corrected chi connectivity index (χ1v) is 19.4. The molecule has 7 aromatic rings. The van der Waals surface area contributed by atoms with Crippen molar-refractivity contribution in [2.24, 2.45) is 0 Å². The van der Waals surface area contributed by atoms with Crippen LogP contribution in [0.2, 0.25) is 0 Å². The van der Waals surface area contributed by atoms with Gasteiger partial charge in [0.15, 0.2) is 0 Å². The summed E-state index contributed by atoms with van der Waals surface area (Å²) in [5.74, 6) is 0.341. The van der Waals surface area contributed by atoms with Crippen molar-refractivity contribution in [3.8, 4) is 5.75 Å². The molecule has 0 saturated heterocycles. The van der Waals surface area contributed by atoms with E-state index < -0.39 is 14.6 Å². The third-order valence-corrected chi connectivity index (χ3v) is 13.9. The van der Waals surface area contributed by atoms with Gasteiger partial charge in [0.2, 0.25) is 0 Å². The van der Waals surface area contributed by atoms with Crippen LogP contribution in [0, 0.1) is 0 Å². The topological polar surface area (TPSA) is 55.3 Å². The molecule has 7 aromatic carbocycles. The van der Waals surface area contributed by atoms with Crippen LogP contribution in [0.1, 0.15) is 45.4 Å². The van der Waals surface area contributed by atoms with E-state index in [1.54, 1.807) is 12.1 Å². The van der Waals surface area contributed by atoms with Gasteiger partial charge in [-0.3, -0.25) is 0 Å². The van der Waals surface area contributed by atoms with Gasteiger partial charge in [-0.15, -0.1) is 0 Å². The van der Waals surface area contributed by atoms with Crippen LogP contribution >= 0.6 is 7.26 Å². The number of rotatable bonds is 12. The van der Waals surface area contributed by atoms with E-state index in [1.165, 1.54) is 60.6 Å². The first kappa shape index (κ1) is 34.4. The second kappa shape index (κ2) is 16.8.